The fourth-order valence-electron chi connectivity index (χ4n) is 4.26. The van der Waals surface area contributed by atoms with Crippen molar-refractivity contribution < 1.29 is 14.3 Å². The predicted octanol–water partition coefficient (Wildman–Crippen LogP) is 4.98. The minimum absolute atomic E-state index is 0.0477. The van der Waals surface area contributed by atoms with Crippen molar-refractivity contribution in [3.63, 3.8) is 0 Å². The van der Waals surface area contributed by atoms with Gasteiger partial charge in [-0.05, 0) is 56.2 Å². The van der Waals surface area contributed by atoms with Crippen LogP contribution < -0.4 is 14.8 Å². The third-order valence-electron chi connectivity index (χ3n) is 5.71. The number of rotatable bonds is 5. The maximum absolute atomic E-state index is 12.7. The number of aryl methyl sites for hydroxylation is 2. The zero-order valence-corrected chi connectivity index (χ0v) is 19.2. The summed E-state index contributed by atoms with van der Waals surface area (Å²) in [6.07, 6.45) is 0.343. The van der Waals surface area contributed by atoms with Gasteiger partial charge in [0, 0.05) is 17.9 Å². The van der Waals surface area contributed by atoms with Crippen molar-refractivity contribution in [2.24, 2.45) is 0 Å². The van der Waals surface area contributed by atoms with E-state index in [0.717, 1.165) is 32.2 Å². The quantitative estimate of drug-likeness (QED) is 0.466. The number of nitrogens with one attached hydrogen (secondary N) is 1. The smallest absolute Gasteiger partial charge is 0.226 e. The van der Waals surface area contributed by atoms with Crippen molar-refractivity contribution in [1.29, 1.82) is 0 Å². The number of benzene rings is 2. The van der Waals surface area contributed by atoms with Crippen molar-refractivity contribution in [1.82, 2.24) is 14.8 Å². The molecule has 4 aromatic rings. The molecule has 2 aromatic heterocycles. The lowest BCUT2D eigenvalue weighted by atomic mass is 9.85. The largest absolute Gasteiger partial charge is 0.493 e. The minimum atomic E-state index is -0.131. The SMILES string of the molecule is CCOc1ccc(C2CC(=O)Nc3c2c(C)nn3-c2nc3ccc(C)cc3s2)cc1OC. The van der Waals surface area contributed by atoms with E-state index in [1.165, 1.54) is 5.56 Å². The number of aromatic nitrogens is 3. The van der Waals surface area contributed by atoms with Gasteiger partial charge in [-0.1, -0.05) is 23.5 Å². The molecule has 1 N–H and O–H groups in total. The van der Waals surface area contributed by atoms with Gasteiger partial charge in [0.05, 0.1) is 29.6 Å². The number of hydrogen-bond donors (Lipinski definition) is 1. The van der Waals surface area contributed by atoms with Crippen LogP contribution in [0.1, 0.15) is 41.6 Å². The summed E-state index contributed by atoms with van der Waals surface area (Å²) in [6.45, 7) is 6.53. The zero-order valence-electron chi connectivity index (χ0n) is 18.4. The molecule has 32 heavy (non-hydrogen) atoms. The van der Waals surface area contributed by atoms with E-state index < -0.39 is 0 Å². The highest BCUT2D eigenvalue weighted by Crippen LogP contribution is 2.43. The van der Waals surface area contributed by atoms with Gasteiger partial charge in [-0.15, -0.1) is 0 Å². The lowest BCUT2D eigenvalue weighted by Gasteiger charge is -2.24. The number of nitrogens with zero attached hydrogens (tertiary/aromatic N) is 3. The Balaban J connectivity index is 1.62. The van der Waals surface area contributed by atoms with Crippen LogP contribution in [0.25, 0.3) is 15.3 Å². The number of methoxy groups -OCH3 is 1. The molecule has 3 heterocycles. The normalized spacial score (nSPS) is 15.5. The van der Waals surface area contributed by atoms with Crippen molar-refractivity contribution in [2.45, 2.75) is 33.1 Å². The molecular weight excluding hydrogens is 424 g/mol. The van der Waals surface area contributed by atoms with Crippen LogP contribution in [0, 0.1) is 13.8 Å². The molecule has 0 saturated heterocycles. The molecule has 5 rings (SSSR count). The minimum Gasteiger partial charge on any atom is -0.493 e. The van der Waals surface area contributed by atoms with Crippen molar-refractivity contribution in [3.8, 4) is 16.6 Å². The standard InChI is InChI=1S/C24H24N4O3S/c1-5-31-18-9-7-15(11-19(18)30-4)16-12-21(29)26-23-22(16)14(3)27-28(23)24-25-17-8-6-13(2)10-20(17)32-24/h6-11,16H,5,12H2,1-4H3,(H,26,29). The Morgan fingerprint density at radius 1 is 1.19 bits per heavy atom. The Morgan fingerprint density at radius 2 is 2.03 bits per heavy atom. The highest BCUT2D eigenvalue weighted by atomic mass is 32.1. The van der Waals surface area contributed by atoms with Gasteiger partial charge in [-0.25, -0.2) is 4.98 Å². The van der Waals surface area contributed by atoms with E-state index in [4.69, 9.17) is 19.6 Å². The Morgan fingerprint density at radius 3 is 2.81 bits per heavy atom. The molecule has 1 aliphatic rings. The Labute approximate surface area is 190 Å². The van der Waals surface area contributed by atoms with Gasteiger partial charge >= 0.3 is 0 Å². The lowest BCUT2D eigenvalue weighted by molar-refractivity contribution is -0.116. The van der Waals surface area contributed by atoms with Gasteiger partial charge in [0.15, 0.2) is 11.5 Å². The summed E-state index contributed by atoms with van der Waals surface area (Å²) >= 11 is 1.56. The number of hydrogen-bond acceptors (Lipinski definition) is 6. The van der Waals surface area contributed by atoms with Crippen LogP contribution in [0.15, 0.2) is 36.4 Å². The summed E-state index contributed by atoms with van der Waals surface area (Å²) in [7, 11) is 1.62. The number of anilines is 1. The zero-order chi connectivity index (χ0) is 22.4. The number of thiazole rings is 1. The van der Waals surface area contributed by atoms with E-state index in [9.17, 15) is 4.79 Å². The van der Waals surface area contributed by atoms with E-state index >= 15 is 0 Å². The maximum atomic E-state index is 12.7. The second-order valence-corrected chi connectivity index (χ2v) is 8.88. The van der Waals surface area contributed by atoms with Gasteiger partial charge in [0.2, 0.25) is 11.0 Å². The second-order valence-electron chi connectivity index (χ2n) is 7.88. The molecule has 0 saturated carbocycles. The molecule has 0 bridgehead atoms. The van der Waals surface area contributed by atoms with E-state index in [1.807, 2.05) is 44.2 Å². The summed E-state index contributed by atoms with van der Waals surface area (Å²) in [6, 6.07) is 12.0. The summed E-state index contributed by atoms with van der Waals surface area (Å²) in [5.41, 5.74) is 4.97. The van der Waals surface area contributed by atoms with E-state index in [-0.39, 0.29) is 11.8 Å². The average Bonchev–Trinajstić information content (AvgIpc) is 3.34. The van der Waals surface area contributed by atoms with E-state index in [1.54, 1.807) is 23.1 Å². The van der Waals surface area contributed by atoms with Gasteiger partial charge in [0.1, 0.15) is 5.82 Å². The first-order valence-electron chi connectivity index (χ1n) is 10.6. The van der Waals surface area contributed by atoms with Crippen LogP contribution in [0.4, 0.5) is 5.82 Å². The lowest BCUT2D eigenvalue weighted by Crippen LogP contribution is -2.25. The van der Waals surface area contributed by atoms with Crippen molar-refractivity contribution in [2.75, 3.05) is 19.0 Å². The van der Waals surface area contributed by atoms with Gasteiger partial charge in [0.25, 0.3) is 0 Å². The molecule has 164 valence electrons. The van der Waals surface area contributed by atoms with Crippen LogP contribution in [-0.2, 0) is 4.79 Å². The predicted molar refractivity (Wildman–Crippen MR) is 125 cm³/mol. The molecule has 0 spiro atoms. The number of carbonyl (C=O) groups excluding carboxylic acids is 1. The molecule has 1 aliphatic heterocycles. The van der Waals surface area contributed by atoms with Crippen LogP contribution in [-0.4, -0.2) is 34.4 Å². The van der Waals surface area contributed by atoms with Crippen molar-refractivity contribution >= 4 is 33.3 Å². The molecule has 2 aromatic carbocycles. The molecule has 0 aliphatic carbocycles. The topological polar surface area (TPSA) is 78.3 Å². The van der Waals surface area contributed by atoms with Gasteiger partial charge in [-0.3, -0.25) is 4.79 Å². The van der Waals surface area contributed by atoms with E-state index in [0.29, 0.717) is 30.3 Å². The molecular formula is C24H24N4O3S. The first-order valence-corrected chi connectivity index (χ1v) is 11.4. The molecule has 8 heteroatoms. The molecule has 0 radical (unpaired) electrons. The molecule has 7 nitrogen and oxygen atoms in total. The fourth-order valence-corrected chi connectivity index (χ4v) is 5.28. The van der Waals surface area contributed by atoms with Crippen LogP contribution in [0.2, 0.25) is 0 Å². The number of fused-ring (bicyclic) bond motifs is 2. The summed E-state index contributed by atoms with van der Waals surface area (Å²) in [4.78, 5) is 17.5. The van der Waals surface area contributed by atoms with Crippen molar-refractivity contribution in [3.05, 3.63) is 58.8 Å². The monoisotopic (exact) mass is 448 g/mol. The second kappa shape index (κ2) is 7.94. The average molecular weight is 449 g/mol. The molecule has 1 unspecified atom stereocenters. The molecule has 0 fully saturated rings. The third kappa shape index (κ3) is 3.40. The highest BCUT2D eigenvalue weighted by molar-refractivity contribution is 7.20. The Hall–Kier alpha value is -3.39. The first kappa shape index (κ1) is 20.5. The fraction of sp³-hybridized carbons (Fsp3) is 0.292. The van der Waals surface area contributed by atoms with Crippen LogP contribution in [0.3, 0.4) is 0 Å². The Bertz CT molecular complexity index is 1340. The highest BCUT2D eigenvalue weighted by Gasteiger charge is 2.33. The molecule has 1 atom stereocenters. The number of ether oxygens (including phenoxy) is 2. The van der Waals surface area contributed by atoms with Crippen LogP contribution in [0.5, 0.6) is 11.5 Å². The number of carbonyl (C=O) groups is 1. The van der Waals surface area contributed by atoms with Gasteiger partial charge < -0.3 is 14.8 Å². The van der Waals surface area contributed by atoms with Gasteiger partial charge in [-0.2, -0.15) is 9.78 Å². The Kier molecular flexibility index (Phi) is 5.09. The summed E-state index contributed by atoms with van der Waals surface area (Å²) in [5.74, 6) is 1.86. The number of amides is 1. The summed E-state index contributed by atoms with van der Waals surface area (Å²) in [5, 5.41) is 8.55. The molecule has 1 amide bonds. The summed E-state index contributed by atoms with van der Waals surface area (Å²) < 4.78 is 14.1. The van der Waals surface area contributed by atoms with E-state index in [2.05, 4.69) is 18.3 Å². The maximum Gasteiger partial charge on any atom is 0.226 e. The third-order valence-corrected chi connectivity index (χ3v) is 6.70. The van der Waals surface area contributed by atoms with Crippen LogP contribution >= 0.6 is 11.3 Å². The first-order chi connectivity index (χ1) is 15.5.